The number of nitrogens with one attached hydrogen (secondary N) is 2. The number of nitrogens with zero attached hydrogens (tertiary/aromatic N) is 3. The van der Waals surface area contributed by atoms with Gasteiger partial charge in [-0.25, -0.2) is 14.8 Å². The van der Waals surface area contributed by atoms with Crippen LogP contribution in [0.4, 0.5) is 16.4 Å². The van der Waals surface area contributed by atoms with E-state index in [1.165, 1.54) is 24.4 Å². The number of hydrogen-bond acceptors (Lipinski definition) is 8. The molecule has 20 heavy (non-hydrogen) atoms. The molecule has 0 radical (unpaired) electrons. The Labute approximate surface area is 111 Å². The summed E-state index contributed by atoms with van der Waals surface area (Å²) in [5.41, 5.74) is 7.96. The number of anilines is 2. The SMILES string of the molecule is Nc1nonc1NC(=O)N/N=C/c1ccc(O)c(O)c1. The Bertz CT molecular complexity index is 653. The van der Waals surface area contributed by atoms with E-state index in [2.05, 4.69) is 30.8 Å². The Morgan fingerprint density at radius 1 is 1.35 bits per heavy atom. The highest BCUT2D eigenvalue weighted by Gasteiger charge is 2.08. The van der Waals surface area contributed by atoms with Crippen LogP contribution in [0, 0.1) is 0 Å². The minimum absolute atomic E-state index is 0.0278. The van der Waals surface area contributed by atoms with Gasteiger partial charge >= 0.3 is 6.03 Å². The minimum atomic E-state index is -0.702. The van der Waals surface area contributed by atoms with E-state index in [0.29, 0.717) is 5.56 Å². The van der Waals surface area contributed by atoms with Crippen molar-refractivity contribution < 1.29 is 19.6 Å². The lowest BCUT2D eigenvalue weighted by molar-refractivity contribution is 0.252. The number of nitrogens with two attached hydrogens (primary N) is 1. The van der Waals surface area contributed by atoms with Crippen molar-refractivity contribution in [2.45, 2.75) is 0 Å². The fraction of sp³-hybridized carbons (Fsp3) is 0. The fourth-order valence-electron chi connectivity index (χ4n) is 1.20. The summed E-state index contributed by atoms with van der Waals surface area (Å²) in [7, 11) is 0. The number of nitrogen functional groups attached to an aromatic ring is 1. The number of hydrazone groups is 1. The molecule has 0 unspecified atom stereocenters. The van der Waals surface area contributed by atoms with E-state index in [1.54, 1.807) is 0 Å². The summed E-state index contributed by atoms with van der Waals surface area (Å²) < 4.78 is 4.29. The summed E-state index contributed by atoms with van der Waals surface area (Å²) in [5.74, 6) is -0.630. The Kier molecular flexibility index (Phi) is 3.65. The Hall–Kier alpha value is -3.30. The number of benzene rings is 1. The van der Waals surface area contributed by atoms with Gasteiger partial charge in [-0.2, -0.15) is 5.10 Å². The van der Waals surface area contributed by atoms with Gasteiger partial charge < -0.3 is 15.9 Å². The number of aromatic hydroxyl groups is 2. The molecular formula is C10H10N6O4. The van der Waals surface area contributed by atoms with Crippen LogP contribution in [-0.2, 0) is 0 Å². The van der Waals surface area contributed by atoms with E-state index in [0.717, 1.165) is 0 Å². The molecule has 104 valence electrons. The maximum Gasteiger partial charge on any atom is 0.340 e. The zero-order chi connectivity index (χ0) is 14.5. The molecule has 1 heterocycles. The number of rotatable bonds is 3. The van der Waals surface area contributed by atoms with Gasteiger partial charge in [-0.3, -0.25) is 5.32 Å². The highest BCUT2D eigenvalue weighted by atomic mass is 16.6. The summed E-state index contributed by atoms with van der Waals surface area (Å²) in [5, 5.41) is 30.9. The number of phenols is 2. The fourth-order valence-corrected chi connectivity index (χ4v) is 1.20. The molecule has 0 bridgehead atoms. The summed E-state index contributed by atoms with van der Waals surface area (Å²) in [6.45, 7) is 0. The third kappa shape index (κ3) is 3.13. The molecule has 0 aliphatic rings. The van der Waals surface area contributed by atoms with Crippen molar-refractivity contribution in [1.82, 2.24) is 15.7 Å². The monoisotopic (exact) mass is 278 g/mol. The minimum Gasteiger partial charge on any atom is -0.504 e. The molecule has 0 fully saturated rings. The first-order chi connectivity index (χ1) is 9.56. The Morgan fingerprint density at radius 3 is 2.80 bits per heavy atom. The molecule has 0 aliphatic heterocycles. The van der Waals surface area contributed by atoms with Crippen molar-refractivity contribution >= 4 is 23.9 Å². The first-order valence-corrected chi connectivity index (χ1v) is 5.26. The Balaban J connectivity index is 1.91. The Morgan fingerprint density at radius 2 is 2.15 bits per heavy atom. The van der Waals surface area contributed by atoms with E-state index < -0.39 is 6.03 Å². The molecule has 10 nitrogen and oxygen atoms in total. The topological polar surface area (TPSA) is 159 Å². The third-order valence-electron chi connectivity index (χ3n) is 2.13. The van der Waals surface area contributed by atoms with Crippen LogP contribution in [0.5, 0.6) is 11.5 Å². The number of phenolic OH excluding ortho intramolecular Hbond substituents is 2. The maximum absolute atomic E-state index is 11.4. The standard InChI is InChI=1S/C10H10N6O4/c11-8-9(16-20-15-8)13-10(19)14-12-4-5-1-2-6(17)7(18)3-5/h1-4,17-18H,(H2,11,15)(H2,13,14,16,19)/b12-4+. The molecular weight excluding hydrogens is 268 g/mol. The first-order valence-electron chi connectivity index (χ1n) is 5.26. The van der Waals surface area contributed by atoms with E-state index in [-0.39, 0.29) is 23.1 Å². The number of amides is 2. The van der Waals surface area contributed by atoms with Crippen LogP contribution in [-0.4, -0.2) is 32.8 Å². The second-order valence-electron chi connectivity index (χ2n) is 3.57. The van der Waals surface area contributed by atoms with Crippen LogP contribution >= 0.6 is 0 Å². The van der Waals surface area contributed by atoms with E-state index in [9.17, 15) is 9.90 Å². The van der Waals surface area contributed by atoms with E-state index in [1.807, 2.05) is 0 Å². The average Bonchev–Trinajstić information content (AvgIpc) is 2.79. The molecule has 2 aromatic rings. The van der Waals surface area contributed by atoms with Crippen LogP contribution in [0.3, 0.4) is 0 Å². The van der Waals surface area contributed by atoms with Crippen LogP contribution in [0.15, 0.2) is 27.9 Å². The van der Waals surface area contributed by atoms with Gasteiger partial charge in [0.2, 0.25) is 11.6 Å². The summed E-state index contributed by atoms with van der Waals surface area (Å²) >= 11 is 0. The molecule has 10 heteroatoms. The van der Waals surface area contributed by atoms with Crippen molar-refractivity contribution in [3.8, 4) is 11.5 Å². The van der Waals surface area contributed by atoms with Gasteiger partial charge in [0.05, 0.1) is 6.21 Å². The maximum atomic E-state index is 11.4. The van der Waals surface area contributed by atoms with Crippen LogP contribution in [0.25, 0.3) is 0 Å². The van der Waals surface area contributed by atoms with Crippen molar-refractivity contribution in [3.63, 3.8) is 0 Å². The van der Waals surface area contributed by atoms with Gasteiger partial charge in [0, 0.05) is 0 Å². The van der Waals surface area contributed by atoms with Gasteiger partial charge in [0.25, 0.3) is 0 Å². The lowest BCUT2D eigenvalue weighted by atomic mass is 10.2. The number of urea groups is 1. The quantitative estimate of drug-likeness (QED) is 0.305. The zero-order valence-corrected chi connectivity index (χ0v) is 9.94. The molecule has 1 aromatic carbocycles. The normalized spacial score (nSPS) is 10.6. The molecule has 1 aromatic heterocycles. The number of hydrogen-bond donors (Lipinski definition) is 5. The van der Waals surface area contributed by atoms with Crippen LogP contribution in [0.1, 0.15) is 5.56 Å². The lowest BCUT2D eigenvalue weighted by Crippen LogP contribution is -2.24. The molecule has 2 amide bonds. The largest absolute Gasteiger partial charge is 0.504 e. The molecule has 2 rings (SSSR count). The molecule has 0 spiro atoms. The summed E-state index contributed by atoms with van der Waals surface area (Å²) in [6, 6.07) is 3.36. The highest BCUT2D eigenvalue weighted by molar-refractivity contribution is 5.91. The second kappa shape index (κ2) is 5.56. The van der Waals surface area contributed by atoms with Crippen molar-refractivity contribution in [2.24, 2.45) is 5.10 Å². The van der Waals surface area contributed by atoms with Gasteiger partial charge in [0.1, 0.15) is 0 Å². The molecule has 0 saturated carbocycles. The average molecular weight is 278 g/mol. The smallest absolute Gasteiger partial charge is 0.340 e. The lowest BCUT2D eigenvalue weighted by Gasteiger charge is -2.00. The summed E-state index contributed by atoms with van der Waals surface area (Å²) in [6.07, 6.45) is 1.27. The summed E-state index contributed by atoms with van der Waals surface area (Å²) in [4.78, 5) is 11.4. The van der Waals surface area contributed by atoms with Gasteiger partial charge in [0.15, 0.2) is 11.5 Å². The predicted octanol–water partition coefficient (Wildman–Crippen LogP) is 0.219. The predicted molar refractivity (Wildman–Crippen MR) is 68.2 cm³/mol. The molecule has 0 saturated heterocycles. The van der Waals surface area contributed by atoms with Crippen molar-refractivity contribution in [3.05, 3.63) is 23.8 Å². The van der Waals surface area contributed by atoms with Gasteiger partial charge in [-0.05, 0) is 34.1 Å². The van der Waals surface area contributed by atoms with Crippen LogP contribution in [0.2, 0.25) is 0 Å². The van der Waals surface area contributed by atoms with E-state index in [4.69, 9.17) is 10.8 Å². The van der Waals surface area contributed by atoms with Gasteiger partial charge in [-0.1, -0.05) is 0 Å². The number of carbonyl (C=O) groups is 1. The highest BCUT2D eigenvalue weighted by Crippen LogP contribution is 2.23. The van der Waals surface area contributed by atoms with Gasteiger partial charge in [-0.15, -0.1) is 0 Å². The van der Waals surface area contributed by atoms with Crippen molar-refractivity contribution in [1.29, 1.82) is 0 Å². The number of aromatic nitrogens is 2. The third-order valence-corrected chi connectivity index (χ3v) is 2.13. The second-order valence-corrected chi connectivity index (χ2v) is 3.57. The van der Waals surface area contributed by atoms with E-state index >= 15 is 0 Å². The molecule has 0 atom stereocenters. The molecule has 6 N–H and O–H groups in total. The first kappa shape index (κ1) is 13.1. The molecule has 0 aliphatic carbocycles. The van der Waals surface area contributed by atoms with Crippen LogP contribution < -0.4 is 16.5 Å². The van der Waals surface area contributed by atoms with Crippen molar-refractivity contribution in [2.75, 3.05) is 11.1 Å². The zero-order valence-electron chi connectivity index (χ0n) is 9.94. The number of carbonyl (C=O) groups excluding carboxylic acids is 1.